The van der Waals surface area contributed by atoms with Crippen LogP contribution in [0.4, 0.5) is 17.3 Å². The Bertz CT molecular complexity index is 475. The molecule has 1 fully saturated rings. The summed E-state index contributed by atoms with van der Waals surface area (Å²) in [5, 5.41) is 11.1. The van der Waals surface area contributed by atoms with Gasteiger partial charge in [-0.25, -0.2) is 4.98 Å². The van der Waals surface area contributed by atoms with E-state index in [1.165, 1.54) is 12.1 Å². The van der Waals surface area contributed by atoms with E-state index in [4.69, 9.17) is 10.5 Å². The quantitative estimate of drug-likeness (QED) is 0.627. The molecule has 0 amide bonds. The van der Waals surface area contributed by atoms with Crippen molar-refractivity contribution in [2.75, 3.05) is 30.4 Å². The van der Waals surface area contributed by atoms with Crippen molar-refractivity contribution in [1.29, 1.82) is 0 Å². The molecule has 7 nitrogen and oxygen atoms in total. The molecule has 18 heavy (non-hydrogen) atoms. The van der Waals surface area contributed by atoms with E-state index in [-0.39, 0.29) is 17.0 Å². The zero-order chi connectivity index (χ0) is 13.3. The van der Waals surface area contributed by atoms with Crippen LogP contribution in [0.5, 0.6) is 0 Å². The van der Waals surface area contributed by atoms with Crippen LogP contribution in [0.25, 0.3) is 0 Å². The third-order valence-electron chi connectivity index (χ3n) is 2.97. The SMILES string of the molecule is CC1(C)COCCN1c1nc(N)ccc1[N+](=O)[O-]. The highest BCUT2D eigenvalue weighted by atomic mass is 16.6. The molecule has 0 radical (unpaired) electrons. The molecule has 2 rings (SSSR count). The van der Waals surface area contributed by atoms with E-state index in [0.29, 0.717) is 25.6 Å². The van der Waals surface area contributed by atoms with Crippen molar-refractivity contribution < 1.29 is 9.66 Å². The van der Waals surface area contributed by atoms with Crippen molar-refractivity contribution in [3.63, 3.8) is 0 Å². The van der Waals surface area contributed by atoms with Crippen LogP contribution in [0.2, 0.25) is 0 Å². The Morgan fingerprint density at radius 2 is 2.28 bits per heavy atom. The van der Waals surface area contributed by atoms with Crippen LogP contribution < -0.4 is 10.6 Å². The van der Waals surface area contributed by atoms with Crippen LogP contribution in [-0.2, 0) is 4.74 Å². The fourth-order valence-electron chi connectivity index (χ4n) is 2.05. The molecule has 2 N–H and O–H groups in total. The summed E-state index contributed by atoms with van der Waals surface area (Å²) in [6, 6.07) is 2.83. The first-order chi connectivity index (χ1) is 8.42. The highest BCUT2D eigenvalue weighted by molar-refractivity contribution is 5.62. The summed E-state index contributed by atoms with van der Waals surface area (Å²) < 4.78 is 5.40. The molecule has 0 spiro atoms. The first-order valence-electron chi connectivity index (χ1n) is 5.68. The molecule has 2 heterocycles. The number of nitro groups is 1. The fourth-order valence-corrected chi connectivity index (χ4v) is 2.05. The lowest BCUT2D eigenvalue weighted by molar-refractivity contribution is -0.384. The normalized spacial score (nSPS) is 18.7. The van der Waals surface area contributed by atoms with Crippen molar-refractivity contribution in [2.24, 2.45) is 0 Å². The van der Waals surface area contributed by atoms with Gasteiger partial charge in [0.25, 0.3) is 0 Å². The number of anilines is 2. The molecule has 0 saturated carbocycles. The number of nitrogen functional groups attached to an aromatic ring is 1. The molecule has 1 aromatic rings. The van der Waals surface area contributed by atoms with Gasteiger partial charge in [-0.05, 0) is 19.9 Å². The maximum atomic E-state index is 11.1. The summed E-state index contributed by atoms with van der Waals surface area (Å²) in [6.07, 6.45) is 0. The molecule has 98 valence electrons. The van der Waals surface area contributed by atoms with Gasteiger partial charge in [-0.2, -0.15) is 0 Å². The second kappa shape index (κ2) is 4.41. The standard InChI is InChI=1S/C11H16N4O3/c1-11(2)7-18-6-5-14(11)10-8(15(16)17)3-4-9(12)13-10/h3-4H,5-7H2,1-2H3,(H2,12,13). The molecule has 1 saturated heterocycles. The van der Waals surface area contributed by atoms with Gasteiger partial charge in [-0.15, -0.1) is 0 Å². The minimum Gasteiger partial charge on any atom is -0.384 e. The average Bonchev–Trinajstić information content (AvgIpc) is 2.27. The van der Waals surface area contributed by atoms with Crippen molar-refractivity contribution in [3.8, 4) is 0 Å². The highest BCUT2D eigenvalue weighted by Gasteiger charge is 2.35. The van der Waals surface area contributed by atoms with Crippen molar-refractivity contribution in [2.45, 2.75) is 19.4 Å². The Morgan fingerprint density at radius 3 is 2.89 bits per heavy atom. The molecule has 1 aliphatic rings. The summed E-state index contributed by atoms with van der Waals surface area (Å²) in [5.74, 6) is 0.589. The lowest BCUT2D eigenvalue weighted by Gasteiger charge is -2.42. The fraction of sp³-hybridized carbons (Fsp3) is 0.545. The number of morpholine rings is 1. The Kier molecular flexibility index (Phi) is 3.08. The van der Waals surface area contributed by atoms with Crippen molar-refractivity contribution in [3.05, 3.63) is 22.2 Å². The molecule has 0 bridgehead atoms. The van der Waals surface area contributed by atoms with E-state index in [1.54, 1.807) is 0 Å². The first kappa shape index (κ1) is 12.6. The van der Waals surface area contributed by atoms with E-state index >= 15 is 0 Å². The largest absolute Gasteiger partial charge is 0.384 e. The molecule has 0 aliphatic carbocycles. The smallest absolute Gasteiger partial charge is 0.311 e. The molecule has 0 aromatic carbocycles. The number of nitrogens with zero attached hydrogens (tertiary/aromatic N) is 3. The van der Waals surface area contributed by atoms with Gasteiger partial charge in [0.2, 0.25) is 5.82 Å². The molecule has 1 aliphatic heterocycles. The van der Waals surface area contributed by atoms with E-state index in [2.05, 4.69) is 4.98 Å². The maximum Gasteiger partial charge on any atom is 0.311 e. The van der Waals surface area contributed by atoms with Crippen LogP contribution in [0.1, 0.15) is 13.8 Å². The van der Waals surface area contributed by atoms with Gasteiger partial charge in [0.15, 0.2) is 0 Å². The lowest BCUT2D eigenvalue weighted by Crippen LogP contribution is -2.53. The zero-order valence-electron chi connectivity index (χ0n) is 10.4. The van der Waals surface area contributed by atoms with E-state index in [1.807, 2.05) is 18.7 Å². The number of hydrogen-bond acceptors (Lipinski definition) is 6. The molecule has 0 unspecified atom stereocenters. The second-order valence-electron chi connectivity index (χ2n) is 4.85. The maximum absolute atomic E-state index is 11.1. The number of hydrogen-bond donors (Lipinski definition) is 1. The van der Waals surface area contributed by atoms with Gasteiger partial charge in [-0.1, -0.05) is 0 Å². The third kappa shape index (κ3) is 2.21. The monoisotopic (exact) mass is 252 g/mol. The van der Waals surface area contributed by atoms with Gasteiger partial charge in [0, 0.05) is 12.6 Å². The first-order valence-corrected chi connectivity index (χ1v) is 5.68. The van der Waals surface area contributed by atoms with Crippen LogP contribution in [0.15, 0.2) is 12.1 Å². The van der Waals surface area contributed by atoms with Gasteiger partial charge < -0.3 is 15.4 Å². The van der Waals surface area contributed by atoms with Crippen LogP contribution in [0.3, 0.4) is 0 Å². The number of pyridine rings is 1. The Hall–Kier alpha value is -1.89. The van der Waals surface area contributed by atoms with Gasteiger partial charge in [0.1, 0.15) is 5.82 Å². The molecular formula is C11H16N4O3. The Labute approximate surface area is 105 Å². The summed E-state index contributed by atoms with van der Waals surface area (Å²) in [6.45, 7) is 5.50. The van der Waals surface area contributed by atoms with Crippen molar-refractivity contribution >= 4 is 17.3 Å². The summed E-state index contributed by atoms with van der Waals surface area (Å²) in [4.78, 5) is 16.6. The summed E-state index contributed by atoms with van der Waals surface area (Å²) in [5.41, 5.74) is 5.26. The minimum absolute atomic E-state index is 0.0285. The van der Waals surface area contributed by atoms with E-state index in [9.17, 15) is 10.1 Å². The zero-order valence-corrected chi connectivity index (χ0v) is 10.4. The Morgan fingerprint density at radius 1 is 1.56 bits per heavy atom. The third-order valence-corrected chi connectivity index (χ3v) is 2.97. The number of ether oxygens (including phenoxy) is 1. The number of aromatic nitrogens is 1. The van der Waals surface area contributed by atoms with Gasteiger partial charge in [0.05, 0.1) is 23.7 Å². The minimum atomic E-state index is -0.437. The van der Waals surface area contributed by atoms with E-state index < -0.39 is 4.92 Å². The van der Waals surface area contributed by atoms with Crippen LogP contribution in [-0.4, -0.2) is 35.2 Å². The molecular weight excluding hydrogens is 236 g/mol. The topological polar surface area (TPSA) is 94.5 Å². The molecule has 0 atom stereocenters. The summed E-state index contributed by atoms with van der Waals surface area (Å²) in [7, 11) is 0. The lowest BCUT2D eigenvalue weighted by atomic mass is 10.0. The molecule has 7 heteroatoms. The molecule has 1 aromatic heterocycles. The van der Waals surface area contributed by atoms with E-state index in [0.717, 1.165) is 0 Å². The van der Waals surface area contributed by atoms with Crippen LogP contribution >= 0.6 is 0 Å². The number of nitrogens with two attached hydrogens (primary N) is 1. The van der Waals surface area contributed by atoms with Crippen molar-refractivity contribution in [1.82, 2.24) is 4.98 Å². The Balaban J connectivity index is 2.48. The summed E-state index contributed by atoms with van der Waals surface area (Å²) >= 11 is 0. The predicted molar refractivity (Wildman–Crippen MR) is 67.5 cm³/mol. The van der Waals surface area contributed by atoms with Crippen LogP contribution in [0, 0.1) is 10.1 Å². The predicted octanol–water partition coefficient (Wildman–Crippen LogP) is 1.19. The van der Waals surface area contributed by atoms with Gasteiger partial charge >= 0.3 is 5.69 Å². The second-order valence-corrected chi connectivity index (χ2v) is 4.85. The highest BCUT2D eigenvalue weighted by Crippen LogP contribution is 2.33. The average molecular weight is 252 g/mol. The van der Waals surface area contributed by atoms with Gasteiger partial charge in [-0.3, -0.25) is 10.1 Å². The number of rotatable bonds is 2.